The molecule has 1 aromatic rings. The van der Waals surface area contributed by atoms with E-state index in [1.807, 2.05) is 13.8 Å². The highest BCUT2D eigenvalue weighted by Gasteiger charge is 2.35. The Morgan fingerprint density at radius 1 is 1.38 bits per heavy atom. The zero-order valence-electron chi connectivity index (χ0n) is 9.55. The first-order valence-electron chi connectivity index (χ1n) is 5.56. The standard InChI is InChI=1S/C10H17N3O2S/c1-8-4-3-5-9(2)13(8)16(14,15)10-6-11-12-7-10/h6-9H,3-5H2,1-2H3,(H,11,12)/t8-,9+. The summed E-state index contributed by atoms with van der Waals surface area (Å²) in [6.07, 6.45) is 5.76. The molecule has 2 heterocycles. The highest BCUT2D eigenvalue weighted by molar-refractivity contribution is 7.89. The minimum absolute atomic E-state index is 0.0728. The van der Waals surface area contributed by atoms with Crippen molar-refractivity contribution in [3.63, 3.8) is 0 Å². The minimum atomic E-state index is -3.38. The van der Waals surface area contributed by atoms with Crippen molar-refractivity contribution < 1.29 is 8.42 Å². The van der Waals surface area contributed by atoms with E-state index in [9.17, 15) is 8.42 Å². The van der Waals surface area contributed by atoms with Crippen molar-refractivity contribution in [2.75, 3.05) is 0 Å². The second kappa shape index (κ2) is 4.18. The second-order valence-electron chi connectivity index (χ2n) is 4.40. The predicted octanol–water partition coefficient (Wildman–Crippen LogP) is 1.36. The fourth-order valence-corrected chi connectivity index (χ4v) is 4.16. The van der Waals surface area contributed by atoms with Gasteiger partial charge < -0.3 is 0 Å². The van der Waals surface area contributed by atoms with Gasteiger partial charge in [-0.15, -0.1) is 0 Å². The first-order valence-corrected chi connectivity index (χ1v) is 7.00. The van der Waals surface area contributed by atoms with Crippen molar-refractivity contribution in [2.24, 2.45) is 0 Å². The van der Waals surface area contributed by atoms with Gasteiger partial charge in [0.15, 0.2) is 0 Å². The van der Waals surface area contributed by atoms with Gasteiger partial charge in [0.1, 0.15) is 4.90 Å². The van der Waals surface area contributed by atoms with Crippen LogP contribution in [-0.2, 0) is 10.0 Å². The van der Waals surface area contributed by atoms with E-state index in [4.69, 9.17) is 0 Å². The third-order valence-electron chi connectivity index (χ3n) is 3.16. The van der Waals surface area contributed by atoms with Crippen LogP contribution in [0.2, 0.25) is 0 Å². The van der Waals surface area contributed by atoms with E-state index in [-0.39, 0.29) is 17.0 Å². The number of aromatic nitrogens is 2. The topological polar surface area (TPSA) is 66.1 Å². The number of hydrogen-bond acceptors (Lipinski definition) is 3. The average molecular weight is 243 g/mol. The molecule has 0 bridgehead atoms. The van der Waals surface area contributed by atoms with Crippen LogP contribution in [0, 0.1) is 0 Å². The van der Waals surface area contributed by atoms with Crippen LogP contribution in [0.15, 0.2) is 17.3 Å². The molecule has 6 heteroatoms. The van der Waals surface area contributed by atoms with Gasteiger partial charge in [0.2, 0.25) is 10.0 Å². The Kier molecular flexibility index (Phi) is 3.03. The van der Waals surface area contributed by atoms with Crippen LogP contribution in [0.4, 0.5) is 0 Å². The summed E-state index contributed by atoms with van der Waals surface area (Å²) in [7, 11) is -3.38. The van der Waals surface area contributed by atoms with Gasteiger partial charge in [-0.1, -0.05) is 6.42 Å². The fourth-order valence-electron chi connectivity index (χ4n) is 2.37. The third kappa shape index (κ3) is 1.87. The highest BCUT2D eigenvalue weighted by Crippen LogP contribution is 2.28. The molecular formula is C10H17N3O2S. The lowest BCUT2D eigenvalue weighted by atomic mass is 10.0. The SMILES string of the molecule is C[C@@H]1CCC[C@H](C)N1S(=O)(=O)c1cn[nH]c1. The summed E-state index contributed by atoms with van der Waals surface area (Å²) in [5, 5.41) is 6.25. The van der Waals surface area contributed by atoms with Crippen molar-refractivity contribution in [2.45, 2.75) is 50.1 Å². The fraction of sp³-hybridized carbons (Fsp3) is 0.700. The number of nitrogens with zero attached hydrogens (tertiary/aromatic N) is 2. The first kappa shape index (κ1) is 11.6. The Morgan fingerprint density at radius 2 is 2.00 bits per heavy atom. The number of piperidine rings is 1. The lowest BCUT2D eigenvalue weighted by molar-refractivity contribution is 0.204. The summed E-state index contributed by atoms with van der Waals surface area (Å²) in [5.74, 6) is 0. The van der Waals surface area contributed by atoms with E-state index in [0.29, 0.717) is 0 Å². The maximum absolute atomic E-state index is 12.3. The molecule has 0 amide bonds. The van der Waals surface area contributed by atoms with Gasteiger partial charge in [-0.3, -0.25) is 5.10 Å². The normalized spacial score (nSPS) is 28.1. The molecule has 1 aromatic heterocycles. The number of H-pyrrole nitrogens is 1. The number of sulfonamides is 1. The van der Waals surface area contributed by atoms with E-state index in [2.05, 4.69) is 10.2 Å². The molecule has 1 aliphatic rings. The summed E-state index contributed by atoms with van der Waals surface area (Å²) in [5.41, 5.74) is 0. The van der Waals surface area contributed by atoms with Gasteiger partial charge in [0, 0.05) is 18.3 Å². The Labute approximate surface area is 95.9 Å². The Bertz CT molecular complexity index is 431. The van der Waals surface area contributed by atoms with E-state index >= 15 is 0 Å². The lowest BCUT2D eigenvalue weighted by Crippen LogP contribution is -2.47. The van der Waals surface area contributed by atoms with Crippen LogP contribution in [0.3, 0.4) is 0 Å². The number of rotatable bonds is 2. The summed E-state index contributed by atoms with van der Waals surface area (Å²) >= 11 is 0. The summed E-state index contributed by atoms with van der Waals surface area (Å²) in [4.78, 5) is 0.258. The molecule has 5 nitrogen and oxygen atoms in total. The molecule has 2 atom stereocenters. The molecule has 0 radical (unpaired) electrons. The zero-order valence-corrected chi connectivity index (χ0v) is 10.4. The molecule has 90 valence electrons. The van der Waals surface area contributed by atoms with Crippen LogP contribution in [-0.4, -0.2) is 35.0 Å². The molecule has 1 aliphatic heterocycles. The minimum Gasteiger partial charge on any atom is -0.284 e. The van der Waals surface area contributed by atoms with Crippen molar-refractivity contribution in [1.82, 2.24) is 14.5 Å². The van der Waals surface area contributed by atoms with Crippen molar-refractivity contribution in [3.05, 3.63) is 12.4 Å². The smallest absolute Gasteiger partial charge is 0.246 e. The molecule has 16 heavy (non-hydrogen) atoms. The van der Waals surface area contributed by atoms with E-state index in [1.165, 1.54) is 12.4 Å². The Hall–Kier alpha value is -0.880. The van der Waals surface area contributed by atoms with E-state index in [1.54, 1.807) is 4.31 Å². The van der Waals surface area contributed by atoms with Crippen molar-refractivity contribution in [3.8, 4) is 0 Å². The summed E-state index contributed by atoms with van der Waals surface area (Å²) in [6, 6.07) is 0.146. The second-order valence-corrected chi connectivity index (χ2v) is 6.24. The van der Waals surface area contributed by atoms with E-state index < -0.39 is 10.0 Å². The van der Waals surface area contributed by atoms with Gasteiger partial charge in [0.05, 0.1) is 6.20 Å². The van der Waals surface area contributed by atoms with Crippen LogP contribution < -0.4 is 0 Å². The molecule has 0 saturated carbocycles. The Balaban J connectivity index is 2.36. The quantitative estimate of drug-likeness (QED) is 0.853. The Morgan fingerprint density at radius 3 is 2.50 bits per heavy atom. The lowest BCUT2D eigenvalue weighted by Gasteiger charge is -2.37. The third-order valence-corrected chi connectivity index (χ3v) is 5.26. The largest absolute Gasteiger partial charge is 0.284 e. The molecule has 1 fully saturated rings. The molecule has 0 aliphatic carbocycles. The molecule has 0 unspecified atom stereocenters. The van der Waals surface area contributed by atoms with Gasteiger partial charge in [-0.25, -0.2) is 8.42 Å². The predicted molar refractivity (Wildman–Crippen MR) is 60.4 cm³/mol. The van der Waals surface area contributed by atoms with Gasteiger partial charge in [0.25, 0.3) is 0 Å². The van der Waals surface area contributed by atoms with Gasteiger partial charge >= 0.3 is 0 Å². The summed E-state index contributed by atoms with van der Waals surface area (Å²) < 4.78 is 26.3. The maximum atomic E-state index is 12.3. The van der Waals surface area contributed by atoms with Crippen LogP contribution in [0.1, 0.15) is 33.1 Å². The summed E-state index contributed by atoms with van der Waals surface area (Å²) in [6.45, 7) is 3.93. The van der Waals surface area contributed by atoms with Crippen molar-refractivity contribution in [1.29, 1.82) is 0 Å². The van der Waals surface area contributed by atoms with Crippen LogP contribution in [0.5, 0.6) is 0 Å². The monoisotopic (exact) mass is 243 g/mol. The average Bonchev–Trinajstić information content (AvgIpc) is 2.69. The molecule has 2 rings (SSSR count). The number of hydrogen-bond donors (Lipinski definition) is 1. The first-order chi connectivity index (χ1) is 7.53. The molecule has 1 saturated heterocycles. The molecular weight excluding hydrogens is 226 g/mol. The molecule has 1 N–H and O–H groups in total. The molecule has 0 aromatic carbocycles. The zero-order chi connectivity index (χ0) is 11.8. The van der Waals surface area contributed by atoms with Gasteiger partial charge in [-0.2, -0.15) is 9.40 Å². The van der Waals surface area contributed by atoms with Crippen LogP contribution in [0.25, 0.3) is 0 Å². The van der Waals surface area contributed by atoms with Gasteiger partial charge in [-0.05, 0) is 26.7 Å². The van der Waals surface area contributed by atoms with Crippen LogP contribution >= 0.6 is 0 Å². The number of nitrogens with one attached hydrogen (secondary N) is 1. The number of aromatic amines is 1. The molecule has 0 spiro atoms. The van der Waals surface area contributed by atoms with Crippen molar-refractivity contribution >= 4 is 10.0 Å². The maximum Gasteiger partial charge on any atom is 0.246 e. The highest BCUT2D eigenvalue weighted by atomic mass is 32.2. The van der Waals surface area contributed by atoms with E-state index in [0.717, 1.165) is 19.3 Å².